The zero-order chi connectivity index (χ0) is 48.5. The number of carbonyl (C=O) groups excluding carboxylic acids is 2. The van der Waals surface area contributed by atoms with Crippen LogP contribution in [0.2, 0.25) is 0 Å². The van der Waals surface area contributed by atoms with E-state index in [4.69, 9.17) is 0 Å². The Bertz CT molecular complexity index is 2510. The predicted molar refractivity (Wildman–Crippen MR) is 261 cm³/mol. The van der Waals surface area contributed by atoms with Gasteiger partial charge in [-0.15, -0.1) is 0 Å². The third-order valence-corrected chi connectivity index (χ3v) is 17.2. The van der Waals surface area contributed by atoms with Gasteiger partial charge in [0, 0.05) is 48.9 Å². The third kappa shape index (κ3) is 15.6. The fourth-order valence-electron chi connectivity index (χ4n) is 7.22. The number of anilines is 4. The van der Waals surface area contributed by atoms with E-state index in [1.54, 1.807) is 48.5 Å². The van der Waals surface area contributed by atoms with Crippen LogP contribution in [0.25, 0.3) is 0 Å². The second-order valence-corrected chi connectivity index (χ2v) is 25.6. The van der Waals surface area contributed by atoms with Crippen LogP contribution in [0.5, 0.6) is 0 Å². The molecule has 0 aromatic heterocycles. The maximum Gasteiger partial charge on any atom is 0.242 e. The molecule has 0 radical (unpaired) electrons. The normalized spacial score (nSPS) is 17.0. The molecule has 4 N–H and O–H groups in total. The van der Waals surface area contributed by atoms with Crippen molar-refractivity contribution < 1.29 is 43.3 Å². The van der Waals surface area contributed by atoms with Crippen molar-refractivity contribution in [2.45, 2.75) is 76.3 Å². The van der Waals surface area contributed by atoms with Crippen LogP contribution < -0.4 is 29.9 Å². The summed E-state index contributed by atoms with van der Waals surface area (Å²) in [7, 11) is -13.6. The summed E-state index contributed by atoms with van der Waals surface area (Å²) < 4.78 is 103. The van der Waals surface area contributed by atoms with Gasteiger partial charge in [-0.2, -0.15) is 9.44 Å². The molecule has 4 aromatic rings. The number of hydrogen-bond donors (Lipinski definition) is 4. The first kappa shape index (κ1) is 52.1. The number of aryl methyl sites for hydroxylation is 2. The largest absolute Gasteiger partial charge is 0.369 e. The summed E-state index contributed by atoms with van der Waals surface area (Å²) in [6, 6.07) is 25.3. The van der Waals surface area contributed by atoms with Crippen molar-refractivity contribution in [2.24, 2.45) is 11.8 Å². The van der Waals surface area contributed by atoms with Gasteiger partial charge in [0.15, 0.2) is 19.7 Å². The summed E-state index contributed by atoms with van der Waals surface area (Å²) in [5, 5.41) is 5.59. The molecule has 0 spiro atoms. The molecule has 0 bridgehead atoms. The van der Waals surface area contributed by atoms with E-state index in [2.05, 4.69) is 20.1 Å². The second kappa shape index (κ2) is 22.3. The SMILES string of the molecule is Cc1ccc(S(=O)(=O)N[C@@H](CC(C)C)C(=O)Nc2ccc(N3CCS(=O)(=O)CC3)cc2)cc1.Cc1ccc(S(=O)(=O)N[C@@H](CC(C)C)C(=O)Nc2ccc(N3CCS(=O)(=O)CC3)cc2)cc1. The number of hydrogen-bond acceptors (Lipinski definition) is 12. The summed E-state index contributed by atoms with van der Waals surface area (Å²) in [6.07, 6.45) is 0.689. The number of sulfonamides is 2. The van der Waals surface area contributed by atoms with Crippen LogP contribution in [0.15, 0.2) is 107 Å². The van der Waals surface area contributed by atoms with Gasteiger partial charge < -0.3 is 20.4 Å². The molecule has 2 atom stereocenters. The van der Waals surface area contributed by atoms with Crippen molar-refractivity contribution in [3.05, 3.63) is 108 Å². The topological polar surface area (TPSA) is 225 Å². The third-order valence-electron chi connectivity index (χ3n) is 11.0. The van der Waals surface area contributed by atoms with Gasteiger partial charge in [-0.3, -0.25) is 9.59 Å². The van der Waals surface area contributed by atoms with Gasteiger partial charge in [-0.1, -0.05) is 63.1 Å². The fourth-order valence-corrected chi connectivity index (χ4v) is 12.0. The van der Waals surface area contributed by atoms with Gasteiger partial charge in [-0.25, -0.2) is 33.7 Å². The van der Waals surface area contributed by atoms with Crippen molar-refractivity contribution in [1.82, 2.24) is 9.44 Å². The molecule has 2 fully saturated rings. The Balaban J connectivity index is 0.000000247. The lowest BCUT2D eigenvalue weighted by Crippen LogP contribution is -2.44. The van der Waals surface area contributed by atoms with Crippen LogP contribution in [-0.4, -0.2) is 107 Å². The van der Waals surface area contributed by atoms with Crippen LogP contribution in [0.1, 0.15) is 51.7 Å². The molecule has 2 aliphatic rings. The number of nitrogens with zero attached hydrogens (tertiary/aromatic N) is 2. The Morgan fingerprint density at radius 1 is 0.500 bits per heavy atom. The molecule has 0 saturated carbocycles. The van der Waals surface area contributed by atoms with Gasteiger partial charge in [0.1, 0.15) is 12.1 Å². The van der Waals surface area contributed by atoms with Gasteiger partial charge in [-0.05, 0) is 111 Å². The van der Waals surface area contributed by atoms with Crippen LogP contribution in [-0.2, 0) is 49.3 Å². The Kier molecular flexibility index (Phi) is 17.6. The maximum atomic E-state index is 13.0. The lowest BCUT2D eigenvalue weighted by molar-refractivity contribution is -0.118. The molecule has 6 rings (SSSR count). The van der Waals surface area contributed by atoms with Crippen molar-refractivity contribution in [3.63, 3.8) is 0 Å². The van der Waals surface area contributed by atoms with Gasteiger partial charge in [0.05, 0.1) is 32.8 Å². The first-order valence-corrected chi connectivity index (χ1v) is 28.4. The molecule has 16 nitrogen and oxygen atoms in total. The Hall–Kier alpha value is -4.86. The first-order chi connectivity index (χ1) is 30.9. The molecule has 2 aliphatic heterocycles. The monoisotopic (exact) mass is 986 g/mol. The van der Waals surface area contributed by atoms with Crippen LogP contribution in [0, 0.1) is 25.7 Å². The van der Waals surface area contributed by atoms with Crippen molar-refractivity contribution in [1.29, 1.82) is 0 Å². The Morgan fingerprint density at radius 3 is 1.06 bits per heavy atom. The van der Waals surface area contributed by atoms with Gasteiger partial charge >= 0.3 is 0 Å². The lowest BCUT2D eigenvalue weighted by atomic mass is 10.0. The summed E-state index contributed by atoms with van der Waals surface area (Å²) in [5.74, 6) is -0.161. The highest BCUT2D eigenvalue weighted by Crippen LogP contribution is 2.23. The van der Waals surface area contributed by atoms with E-state index in [1.807, 2.05) is 75.6 Å². The molecule has 66 heavy (non-hydrogen) atoms. The average molecular weight is 987 g/mol. The minimum atomic E-state index is -3.86. The molecular formula is C46H62N6O10S4. The summed E-state index contributed by atoms with van der Waals surface area (Å²) in [5.41, 5.74) is 4.72. The number of rotatable bonds is 16. The van der Waals surface area contributed by atoms with Crippen LogP contribution in [0.3, 0.4) is 0 Å². The van der Waals surface area contributed by atoms with E-state index in [-0.39, 0.29) is 44.6 Å². The van der Waals surface area contributed by atoms with Crippen molar-refractivity contribution in [2.75, 3.05) is 69.6 Å². The maximum absolute atomic E-state index is 13.0. The smallest absolute Gasteiger partial charge is 0.242 e. The highest BCUT2D eigenvalue weighted by Gasteiger charge is 2.29. The first-order valence-electron chi connectivity index (χ1n) is 21.8. The van der Waals surface area contributed by atoms with Crippen molar-refractivity contribution >= 4 is 74.3 Å². The molecule has 0 unspecified atom stereocenters. The minimum Gasteiger partial charge on any atom is -0.369 e. The molecule has 20 heteroatoms. The summed E-state index contributed by atoms with van der Waals surface area (Å²) in [4.78, 5) is 30.1. The van der Waals surface area contributed by atoms with Gasteiger partial charge in [0.2, 0.25) is 31.9 Å². The summed E-state index contributed by atoms with van der Waals surface area (Å²) >= 11 is 0. The summed E-state index contributed by atoms with van der Waals surface area (Å²) in [6.45, 7) is 13.2. The van der Waals surface area contributed by atoms with E-state index in [0.717, 1.165) is 22.5 Å². The van der Waals surface area contributed by atoms with Gasteiger partial charge in [0.25, 0.3) is 0 Å². The average Bonchev–Trinajstić information content (AvgIpc) is 3.24. The van der Waals surface area contributed by atoms with E-state index in [0.29, 0.717) is 50.4 Å². The molecule has 2 saturated heterocycles. The predicted octanol–water partition coefficient (Wildman–Crippen LogP) is 5.12. The Labute approximate surface area is 390 Å². The number of nitrogens with one attached hydrogen (secondary N) is 4. The van der Waals surface area contributed by atoms with Crippen LogP contribution in [0.4, 0.5) is 22.7 Å². The van der Waals surface area contributed by atoms with Crippen LogP contribution >= 0.6 is 0 Å². The van der Waals surface area contributed by atoms with E-state index in [9.17, 15) is 43.3 Å². The zero-order valence-corrected chi connectivity index (χ0v) is 41.5. The molecule has 360 valence electrons. The highest BCUT2D eigenvalue weighted by atomic mass is 32.2. The molecule has 4 aromatic carbocycles. The minimum absolute atomic E-state index is 0.0965. The highest BCUT2D eigenvalue weighted by molar-refractivity contribution is 7.91. The second-order valence-electron chi connectivity index (χ2n) is 17.6. The molecule has 0 aliphatic carbocycles. The fraction of sp³-hybridized carbons (Fsp3) is 0.435. The Morgan fingerprint density at radius 2 is 0.788 bits per heavy atom. The lowest BCUT2D eigenvalue weighted by Gasteiger charge is -2.28. The number of sulfone groups is 2. The van der Waals surface area contributed by atoms with E-state index >= 15 is 0 Å². The van der Waals surface area contributed by atoms with E-state index in [1.165, 1.54) is 24.3 Å². The number of benzene rings is 4. The zero-order valence-electron chi connectivity index (χ0n) is 38.2. The number of amides is 2. The molecule has 2 heterocycles. The standard InChI is InChI=1S/2C23H31N3O5S2/c2*1-17(2)16-22(25-33(30,31)21-10-4-18(3)5-11-21)23(27)24-19-6-8-20(9-7-19)26-12-14-32(28,29)15-13-26/h2*4-11,17,22,25H,12-16H2,1-3H3,(H,24,27)/t2*22-/m00/s1. The number of carbonyl (C=O) groups is 2. The van der Waals surface area contributed by atoms with Crippen molar-refractivity contribution in [3.8, 4) is 0 Å². The molecular weight excluding hydrogens is 925 g/mol. The quantitative estimate of drug-likeness (QED) is 0.115. The molecule has 2 amide bonds. The van der Waals surface area contributed by atoms with E-state index < -0.39 is 63.6 Å².